The summed E-state index contributed by atoms with van der Waals surface area (Å²) in [5.74, 6) is -1.87. The van der Waals surface area contributed by atoms with Crippen molar-refractivity contribution in [3.8, 4) is 0 Å². The minimum Gasteiger partial charge on any atom is -0.456 e. The van der Waals surface area contributed by atoms with Crippen molar-refractivity contribution in [1.29, 1.82) is 0 Å². The molecule has 0 spiro atoms. The smallest absolute Gasteiger partial charge is 0.338 e. The van der Waals surface area contributed by atoms with E-state index in [-0.39, 0.29) is 15.4 Å². The average molecular weight is 635 g/mol. The zero-order chi connectivity index (χ0) is 31.4. The van der Waals surface area contributed by atoms with E-state index < -0.39 is 69.5 Å². The third kappa shape index (κ3) is 8.04. The van der Waals surface area contributed by atoms with E-state index in [1.165, 1.54) is 48.5 Å². The van der Waals surface area contributed by atoms with E-state index in [0.717, 1.165) is 18.1 Å². The predicted molar refractivity (Wildman–Crippen MR) is 150 cm³/mol. The number of esters is 2. The lowest BCUT2D eigenvalue weighted by atomic mass is 9.98. The zero-order valence-electron chi connectivity index (χ0n) is 23.4. The van der Waals surface area contributed by atoms with Gasteiger partial charge in [-0.25, -0.2) is 4.79 Å². The number of hydrogen-bond acceptors (Lipinski definition) is 12. The lowest BCUT2D eigenvalue weighted by molar-refractivity contribution is -0.281. The van der Waals surface area contributed by atoms with Crippen molar-refractivity contribution in [1.82, 2.24) is 0 Å². The predicted octanol–water partition coefficient (Wildman–Crippen LogP) is 2.66. The number of carbonyl (C=O) groups is 2. The van der Waals surface area contributed by atoms with Crippen LogP contribution in [0.4, 0.5) is 0 Å². The summed E-state index contributed by atoms with van der Waals surface area (Å²) < 4.78 is 78.9. The van der Waals surface area contributed by atoms with Crippen LogP contribution in [-0.4, -0.2) is 71.2 Å². The Labute approximate surface area is 249 Å². The van der Waals surface area contributed by atoms with Gasteiger partial charge in [-0.1, -0.05) is 53.6 Å². The van der Waals surface area contributed by atoms with Crippen LogP contribution in [0.1, 0.15) is 28.4 Å². The molecule has 1 heterocycles. The van der Waals surface area contributed by atoms with Crippen molar-refractivity contribution >= 4 is 32.2 Å². The molecule has 3 aromatic rings. The molecule has 0 aliphatic carbocycles. The highest BCUT2D eigenvalue weighted by atomic mass is 32.2. The van der Waals surface area contributed by atoms with Crippen molar-refractivity contribution in [2.24, 2.45) is 0 Å². The molecule has 4 rings (SSSR count). The van der Waals surface area contributed by atoms with Crippen molar-refractivity contribution < 1.29 is 54.1 Å². The van der Waals surface area contributed by atoms with Gasteiger partial charge in [0.2, 0.25) is 0 Å². The van der Waals surface area contributed by atoms with Gasteiger partial charge in [-0.2, -0.15) is 16.8 Å². The molecule has 1 fully saturated rings. The van der Waals surface area contributed by atoms with Gasteiger partial charge in [0, 0.05) is 6.92 Å². The van der Waals surface area contributed by atoms with E-state index in [2.05, 4.69) is 0 Å². The quantitative estimate of drug-likeness (QED) is 0.256. The molecule has 1 aliphatic heterocycles. The summed E-state index contributed by atoms with van der Waals surface area (Å²) in [5, 5.41) is 10.9. The monoisotopic (exact) mass is 634 g/mol. The maximum atomic E-state index is 13.2. The minimum absolute atomic E-state index is 0.0555. The van der Waals surface area contributed by atoms with Gasteiger partial charge in [0.05, 0.1) is 22.0 Å². The summed E-state index contributed by atoms with van der Waals surface area (Å²) in [7, 11) is -8.93. The summed E-state index contributed by atoms with van der Waals surface area (Å²) in [6, 6.07) is 19.0. The van der Waals surface area contributed by atoms with E-state index in [4.69, 9.17) is 22.6 Å². The Hall–Kier alpha value is -3.66. The molecule has 0 saturated carbocycles. The number of benzene rings is 3. The third-order valence-corrected chi connectivity index (χ3v) is 9.03. The fourth-order valence-electron chi connectivity index (χ4n) is 4.20. The number of ether oxygens (including phenoxy) is 3. The first-order valence-corrected chi connectivity index (χ1v) is 15.8. The maximum absolute atomic E-state index is 13.2. The fourth-order valence-corrected chi connectivity index (χ4v) is 6.20. The number of aliphatic hydroxyl groups is 1. The Morgan fingerprint density at radius 3 is 1.81 bits per heavy atom. The van der Waals surface area contributed by atoms with Gasteiger partial charge in [0.1, 0.15) is 6.10 Å². The molecular formula is C29H30O12S2. The van der Waals surface area contributed by atoms with Crippen LogP contribution in [0.3, 0.4) is 0 Å². The van der Waals surface area contributed by atoms with Crippen LogP contribution in [0.2, 0.25) is 0 Å². The molecule has 1 saturated heterocycles. The third-order valence-electron chi connectivity index (χ3n) is 6.41. The van der Waals surface area contributed by atoms with Crippen LogP contribution < -0.4 is 0 Å². The topological polar surface area (TPSA) is 169 Å². The molecule has 43 heavy (non-hydrogen) atoms. The van der Waals surface area contributed by atoms with E-state index in [0.29, 0.717) is 0 Å². The lowest BCUT2D eigenvalue weighted by Crippen LogP contribution is -2.62. The molecule has 0 unspecified atom stereocenters. The molecule has 0 amide bonds. The van der Waals surface area contributed by atoms with Crippen LogP contribution in [0.5, 0.6) is 0 Å². The Morgan fingerprint density at radius 1 is 0.744 bits per heavy atom. The Bertz CT molecular complexity index is 1640. The van der Waals surface area contributed by atoms with Gasteiger partial charge in [-0.3, -0.25) is 13.2 Å². The number of carbonyl (C=O) groups excluding carboxylic acids is 2. The first kappa shape index (κ1) is 32.3. The van der Waals surface area contributed by atoms with Crippen LogP contribution in [0.25, 0.3) is 0 Å². The zero-order valence-corrected chi connectivity index (χ0v) is 25.0. The molecule has 0 aromatic heterocycles. The lowest BCUT2D eigenvalue weighted by Gasteiger charge is -2.42. The molecule has 0 radical (unpaired) electrons. The molecule has 230 valence electrons. The van der Waals surface area contributed by atoms with Gasteiger partial charge in [0.25, 0.3) is 20.2 Å². The standard InChI is InChI=1S/C29H30O12S2/c1-18-9-13-22(14-10-18)42(33,34)37-17-24-25(38-20(3)30)26(40-28(31)21-7-5-4-6-8-21)27(29(32)39-24)41-43(35,36)23-15-11-19(2)12-16-23/h4-16,24-27,29,32H,17H2,1-3H3/t24-,25-,26+,27-,29+/m1/s1. The summed E-state index contributed by atoms with van der Waals surface area (Å²) in [6.07, 6.45) is -9.05. The van der Waals surface area contributed by atoms with Crippen LogP contribution in [-0.2, 0) is 47.6 Å². The van der Waals surface area contributed by atoms with E-state index in [9.17, 15) is 31.5 Å². The van der Waals surface area contributed by atoms with Gasteiger partial charge < -0.3 is 19.3 Å². The average Bonchev–Trinajstić information content (AvgIpc) is 2.96. The van der Waals surface area contributed by atoms with E-state index >= 15 is 0 Å². The summed E-state index contributed by atoms with van der Waals surface area (Å²) in [6.45, 7) is 3.75. The van der Waals surface area contributed by atoms with Crippen LogP contribution in [0.15, 0.2) is 88.7 Å². The molecule has 14 heteroatoms. The Kier molecular flexibility index (Phi) is 10.00. The second kappa shape index (κ2) is 13.3. The number of aliphatic hydroxyl groups excluding tert-OH is 1. The van der Waals surface area contributed by atoms with Crippen molar-refractivity contribution in [3.05, 3.63) is 95.6 Å². The molecule has 0 bridgehead atoms. The minimum atomic E-state index is -4.59. The fraction of sp³-hybridized carbons (Fsp3) is 0.310. The SMILES string of the molecule is CC(=O)O[C@H]1[C@H](OC(=O)c2ccccc2)[C@@H](OS(=O)(=O)c2ccc(C)cc2)[C@@H](O)O[C@@H]1COS(=O)(=O)c1ccc(C)cc1. The summed E-state index contributed by atoms with van der Waals surface area (Å²) in [5.41, 5.74) is 1.63. The highest BCUT2D eigenvalue weighted by Crippen LogP contribution is 2.31. The van der Waals surface area contributed by atoms with Crippen molar-refractivity contribution in [2.75, 3.05) is 6.61 Å². The van der Waals surface area contributed by atoms with Crippen molar-refractivity contribution in [2.45, 2.75) is 61.3 Å². The number of aryl methyl sites for hydroxylation is 2. The largest absolute Gasteiger partial charge is 0.456 e. The van der Waals surface area contributed by atoms with E-state index in [1.54, 1.807) is 44.2 Å². The number of hydrogen-bond donors (Lipinski definition) is 1. The Morgan fingerprint density at radius 2 is 1.28 bits per heavy atom. The summed E-state index contributed by atoms with van der Waals surface area (Å²) >= 11 is 0. The van der Waals surface area contributed by atoms with Gasteiger partial charge >= 0.3 is 11.9 Å². The highest BCUT2D eigenvalue weighted by Gasteiger charge is 2.52. The molecule has 3 aromatic carbocycles. The normalized spacial score (nSPS) is 22.5. The molecule has 1 N–H and O–H groups in total. The maximum Gasteiger partial charge on any atom is 0.338 e. The van der Waals surface area contributed by atoms with Gasteiger partial charge in [-0.05, 0) is 50.2 Å². The summed E-state index contributed by atoms with van der Waals surface area (Å²) in [4.78, 5) is 24.8. The molecule has 12 nitrogen and oxygen atoms in total. The molecular weight excluding hydrogens is 604 g/mol. The molecule has 5 atom stereocenters. The van der Waals surface area contributed by atoms with Crippen LogP contribution in [0, 0.1) is 13.8 Å². The first-order valence-electron chi connectivity index (χ1n) is 13.0. The highest BCUT2D eigenvalue weighted by molar-refractivity contribution is 7.87. The van der Waals surface area contributed by atoms with Gasteiger partial charge in [-0.15, -0.1) is 0 Å². The second-order valence-electron chi connectivity index (χ2n) is 9.75. The van der Waals surface area contributed by atoms with E-state index in [1.807, 2.05) is 0 Å². The number of rotatable bonds is 10. The van der Waals surface area contributed by atoms with Gasteiger partial charge in [0.15, 0.2) is 24.6 Å². The second-order valence-corrected chi connectivity index (χ2v) is 12.9. The Balaban J connectivity index is 1.68. The van der Waals surface area contributed by atoms with Crippen molar-refractivity contribution in [3.63, 3.8) is 0 Å². The first-order chi connectivity index (χ1) is 20.3. The van der Waals surface area contributed by atoms with Crippen LogP contribution >= 0.6 is 0 Å². The molecule has 1 aliphatic rings.